The number of unbranched alkanes of at least 4 members (excludes halogenated alkanes) is 3. The van der Waals surface area contributed by atoms with E-state index < -0.39 is 0 Å². The quantitative estimate of drug-likeness (QED) is 0.208. The number of nitrogens with one attached hydrogen (secondary N) is 1. The molecule has 0 saturated carbocycles. The molecule has 0 bridgehead atoms. The lowest BCUT2D eigenvalue weighted by molar-refractivity contribution is 0.0600. The molecule has 0 unspecified atom stereocenters. The van der Waals surface area contributed by atoms with E-state index in [0.29, 0.717) is 5.56 Å². The van der Waals surface area contributed by atoms with Crippen LogP contribution in [0, 0.1) is 5.92 Å². The van der Waals surface area contributed by atoms with Crippen molar-refractivity contribution >= 4 is 17.2 Å². The highest BCUT2D eigenvalue weighted by molar-refractivity contribution is 5.89. The second-order valence-corrected chi connectivity index (χ2v) is 8.69. The van der Waals surface area contributed by atoms with Gasteiger partial charge in [0, 0.05) is 24.0 Å². The average Bonchev–Trinajstić information content (AvgIpc) is 2.92. The summed E-state index contributed by atoms with van der Waals surface area (Å²) in [6.45, 7) is 6.76. The number of aromatic nitrogens is 1. The standard InChI is InChI=1S/C30H36N2O3/c1-5-6-7-8-11-28(22(2)23-12-14-24(15-13-23)30(33)35-4)29(25-10-9-20-31-21-25)32-26-16-18-27(34-3)19-17-26/h9-10,12-21,28-29,32H,2,5-8,11H2,1,3-4H3/t28-,29+/m0/s1. The maximum atomic E-state index is 11.9. The molecule has 2 atom stereocenters. The monoisotopic (exact) mass is 472 g/mol. The minimum atomic E-state index is -0.340. The van der Waals surface area contributed by atoms with Gasteiger partial charge in [-0.2, -0.15) is 0 Å². The molecule has 1 aromatic heterocycles. The molecule has 3 rings (SSSR count). The lowest BCUT2D eigenvalue weighted by Crippen LogP contribution is -2.22. The number of anilines is 1. The third-order valence-electron chi connectivity index (χ3n) is 6.35. The number of methoxy groups -OCH3 is 2. The van der Waals surface area contributed by atoms with Gasteiger partial charge in [-0.3, -0.25) is 4.98 Å². The van der Waals surface area contributed by atoms with Crippen LogP contribution in [-0.4, -0.2) is 25.2 Å². The van der Waals surface area contributed by atoms with E-state index in [9.17, 15) is 4.79 Å². The maximum Gasteiger partial charge on any atom is 0.337 e. The normalized spacial score (nSPS) is 12.4. The molecule has 0 saturated heterocycles. The summed E-state index contributed by atoms with van der Waals surface area (Å²) in [5, 5.41) is 3.75. The molecule has 0 aliphatic heterocycles. The fraction of sp³-hybridized carbons (Fsp3) is 0.333. The SMILES string of the molecule is C=C(c1ccc(C(=O)OC)cc1)[C@H](CCCCCC)[C@H](Nc1ccc(OC)cc1)c1cccnc1. The molecule has 0 radical (unpaired) electrons. The van der Waals surface area contributed by atoms with E-state index in [1.807, 2.05) is 48.7 Å². The Balaban J connectivity index is 1.95. The predicted octanol–water partition coefficient (Wildman–Crippen LogP) is 7.33. The van der Waals surface area contributed by atoms with Crippen LogP contribution in [0.1, 0.15) is 66.6 Å². The Hall–Kier alpha value is -3.60. The number of benzene rings is 2. The number of nitrogens with zero attached hydrogens (tertiary/aromatic N) is 1. The van der Waals surface area contributed by atoms with Crippen LogP contribution in [0.3, 0.4) is 0 Å². The average molecular weight is 473 g/mol. The molecule has 1 heterocycles. The van der Waals surface area contributed by atoms with E-state index in [1.54, 1.807) is 25.4 Å². The Labute approximate surface area is 209 Å². The summed E-state index contributed by atoms with van der Waals surface area (Å²) in [5.41, 5.74) is 4.70. The number of pyridine rings is 1. The van der Waals surface area contributed by atoms with Crippen molar-refractivity contribution < 1.29 is 14.3 Å². The lowest BCUT2D eigenvalue weighted by Gasteiger charge is -2.31. The second kappa shape index (κ2) is 13.3. The summed E-state index contributed by atoms with van der Waals surface area (Å²) < 4.78 is 10.2. The summed E-state index contributed by atoms with van der Waals surface area (Å²) in [5.74, 6) is 0.606. The highest BCUT2D eigenvalue weighted by atomic mass is 16.5. The van der Waals surface area contributed by atoms with Crippen molar-refractivity contribution in [1.82, 2.24) is 4.98 Å². The molecule has 184 valence electrons. The van der Waals surface area contributed by atoms with Crippen LogP contribution in [0.2, 0.25) is 0 Å². The van der Waals surface area contributed by atoms with E-state index in [0.717, 1.165) is 41.0 Å². The maximum absolute atomic E-state index is 11.9. The van der Waals surface area contributed by atoms with E-state index in [2.05, 4.69) is 29.9 Å². The lowest BCUT2D eigenvalue weighted by atomic mass is 9.81. The van der Waals surface area contributed by atoms with Gasteiger partial charge >= 0.3 is 5.97 Å². The van der Waals surface area contributed by atoms with Crippen LogP contribution >= 0.6 is 0 Å². The van der Waals surface area contributed by atoms with Gasteiger partial charge in [0.15, 0.2) is 0 Å². The molecule has 3 aromatic rings. The van der Waals surface area contributed by atoms with Crippen molar-refractivity contribution in [3.05, 3.63) is 96.3 Å². The first-order valence-electron chi connectivity index (χ1n) is 12.3. The molecule has 0 spiro atoms. The van der Waals surface area contributed by atoms with Crippen molar-refractivity contribution in [1.29, 1.82) is 0 Å². The summed E-state index contributed by atoms with van der Waals surface area (Å²) in [4.78, 5) is 16.3. The number of esters is 1. The van der Waals surface area contributed by atoms with Crippen molar-refractivity contribution in [3.8, 4) is 5.75 Å². The zero-order valence-corrected chi connectivity index (χ0v) is 21.0. The van der Waals surface area contributed by atoms with Gasteiger partial charge in [-0.25, -0.2) is 4.79 Å². The van der Waals surface area contributed by atoms with Gasteiger partial charge in [0.05, 0.1) is 25.8 Å². The Morgan fingerprint density at radius 2 is 1.69 bits per heavy atom. The minimum absolute atomic E-state index is 0.0218. The number of carbonyl (C=O) groups excluding carboxylic acids is 1. The molecule has 5 nitrogen and oxygen atoms in total. The number of ether oxygens (including phenoxy) is 2. The smallest absolute Gasteiger partial charge is 0.337 e. The Bertz CT molecular complexity index is 1060. The third kappa shape index (κ3) is 7.19. The topological polar surface area (TPSA) is 60.5 Å². The third-order valence-corrected chi connectivity index (χ3v) is 6.35. The van der Waals surface area contributed by atoms with Crippen LogP contribution in [0.4, 0.5) is 5.69 Å². The Morgan fingerprint density at radius 1 is 0.971 bits per heavy atom. The van der Waals surface area contributed by atoms with Gasteiger partial charge in [-0.1, -0.05) is 57.4 Å². The van der Waals surface area contributed by atoms with Crippen LogP contribution in [-0.2, 0) is 4.74 Å². The molecule has 0 aliphatic rings. The molecule has 35 heavy (non-hydrogen) atoms. The molecule has 5 heteroatoms. The van der Waals surface area contributed by atoms with Crippen molar-refractivity contribution in [3.63, 3.8) is 0 Å². The number of hydrogen-bond acceptors (Lipinski definition) is 5. The van der Waals surface area contributed by atoms with Crippen LogP contribution in [0.15, 0.2) is 79.6 Å². The van der Waals surface area contributed by atoms with Gasteiger partial charge in [0.25, 0.3) is 0 Å². The minimum Gasteiger partial charge on any atom is -0.497 e. The largest absolute Gasteiger partial charge is 0.497 e. The van der Waals surface area contributed by atoms with Gasteiger partial charge in [-0.15, -0.1) is 0 Å². The van der Waals surface area contributed by atoms with Crippen molar-refractivity contribution in [2.45, 2.75) is 45.1 Å². The first-order valence-corrected chi connectivity index (χ1v) is 12.3. The number of hydrogen-bond donors (Lipinski definition) is 1. The molecule has 0 amide bonds. The Kier molecular flexibility index (Phi) is 9.91. The van der Waals surface area contributed by atoms with Crippen molar-refractivity contribution in [2.75, 3.05) is 19.5 Å². The van der Waals surface area contributed by atoms with Crippen LogP contribution in [0.5, 0.6) is 5.75 Å². The van der Waals surface area contributed by atoms with Crippen LogP contribution in [0.25, 0.3) is 5.57 Å². The highest BCUT2D eigenvalue weighted by Gasteiger charge is 2.27. The second-order valence-electron chi connectivity index (χ2n) is 8.69. The highest BCUT2D eigenvalue weighted by Crippen LogP contribution is 2.39. The number of rotatable bonds is 13. The molecular weight excluding hydrogens is 436 g/mol. The zero-order valence-electron chi connectivity index (χ0n) is 21.0. The Morgan fingerprint density at radius 3 is 2.29 bits per heavy atom. The first kappa shape index (κ1) is 26.0. The van der Waals surface area contributed by atoms with Gasteiger partial charge in [0.1, 0.15) is 5.75 Å². The zero-order chi connectivity index (χ0) is 25.0. The summed E-state index contributed by atoms with van der Waals surface area (Å²) in [6, 6.07) is 19.6. The summed E-state index contributed by atoms with van der Waals surface area (Å²) in [7, 11) is 3.06. The fourth-order valence-corrected chi connectivity index (χ4v) is 4.33. The van der Waals surface area contributed by atoms with E-state index in [-0.39, 0.29) is 17.9 Å². The van der Waals surface area contributed by atoms with E-state index >= 15 is 0 Å². The van der Waals surface area contributed by atoms with Gasteiger partial charge in [0.2, 0.25) is 0 Å². The van der Waals surface area contributed by atoms with E-state index in [1.165, 1.54) is 26.4 Å². The van der Waals surface area contributed by atoms with Gasteiger partial charge in [-0.05, 0) is 65.6 Å². The first-order chi connectivity index (χ1) is 17.1. The molecule has 1 N–H and O–H groups in total. The van der Waals surface area contributed by atoms with Crippen LogP contribution < -0.4 is 10.1 Å². The molecular formula is C30H36N2O3. The summed E-state index contributed by atoms with van der Waals surface area (Å²) >= 11 is 0. The molecule has 2 aromatic carbocycles. The van der Waals surface area contributed by atoms with Crippen molar-refractivity contribution in [2.24, 2.45) is 5.92 Å². The molecule has 0 aliphatic carbocycles. The summed E-state index contributed by atoms with van der Waals surface area (Å²) in [6.07, 6.45) is 9.41. The molecule has 0 fully saturated rings. The fourth-order valence-electron chi connectivity index (χ4n) is 4.33. The predicted molar refractivity (Wildman–Crippen MR) is 143 cm³/mol. The van der Waals surface area contributed by atoms with E-state index in [4.69, 9.17) is 9.47 Å². The van der Waals surface area contributed by atoms with Gasteiger partial charge < -0.3 is 14.8 Å². The number of carbonyl (C=O) groups is 1.